The standard InChI is InChI=1S/C12H14ClNO2/c1-9(15)10-2-3-12(11(13)8-10)14-4-6-16-7-5-14/h2-3,8H,4-7H2,1H3. The fraction of sp³-hybridized carbons (Fsp3) is 0.417. The number of carbonyl (C=O) groups excluding carboxylic acids is 1. The highest BCUT2D eigenvalue weighted by Crippen LogP contribution is 2.27. The zero-order valence-electron chi connectivity index (χ0n) is 9.20. The number of nitrogens with zero attached hydrogens (tertiary/aromatic N) is 1. The Morgan fingerprint density at radius 1 is 1.38 bits per heavy atom. The van der Waals surface area contributed by atoms with Gasteiger partial charge in [-0.3, -0.25) is 4.79 Å². The van der Waals surface area contributed by atoms with Gasteiger partial charge in [0.05, 0.1) is 23.9 Å². The third-order valence-electron chi connectivity index (χ3n) is 2.71. The summed E-state index contributed by atoms with van der Waals surface area (Å²) in [6.45, 7) is 4.69. The van der Waals surface area contributed by atoms with E-state index >= 15 is 0 Å². The van der Waals surface area contributed by atoms with Crippen LogP contribution in [0.25, 0.3) is 0 Å². The molecule has 4 heteroatoms. The lowest BCUT2D eigenvalue weighted by molar-refractivity contribution is 0.101. The molecule has 0 bridgehead atoms. The molecule has 1 aliphatic heterocycles. The number of benzene rings is 1. The maximum Gasteiger partial charge on any atom is 0.159 e. The van der Waals surface area contributed by atoms with Gasteiger partial charge in [-0.2, -0.15) is 0 Å². The predicted molar refractivity (Wildman–Crippen MR) is 64.5 cm³/mol. The number of anilines is 1. The Kier molecular flexibility index (Phi) is 3.46. The molecule has 0 atom stereocenters. The van der Waals surface area contributed by atoms with Crippen LogP contribution in [0.3, 0.4) is 0 Å². The molecule has 0 saturated carbocycles. The second-order valence-electron chi connectivity index (χ2n) is 3.82. The van der Waals surface area contributed by atoms with Crippen LogP contribution < -0.4 is 4.90 Å². The van der Waals surface area contributed by atoms with Crippen LogP contribution in [0.15, 0.2) is 18.2 Å². The van der Waals surface area contributed by atoms with Crippen LogP contribution >= 0.6 is 11.6 Å². The van der Waals surface area contributed by atoms with E-state index in [1.165, 1.54) is 0 Å². The van der Waals surface area contributed by atoms with Gasteiger partial charge in [0.1, 0.15) is 0 Å². The van der Waals surface area contributed by atoms with Crippen LogP contribution in [0.1, 0.15) is 17.3 Å². The first kappa shape index (κ1) is 11.4. The number of hydrogen-bond donors (Lipinski definition) is 0. The molecule has 0 spiro atoms. The SMILES string of the molecule is CC(=O)c1ccc(N2CCOCC2)c(Cl)c1. The summed E-state index contributed by atoms with van der Waals surface area (Å²) >= 11 is 6.17. The molecule has 1 heterocycles. The van der Waals surface area contributed by atoms with E-state index in [0.29, 0.717) is 10.6 Å². The van der Waals surface area contributed by atoms with Crippen molar-refractivity contribution < 1.29 is 9.53 Å². The van der Waals surface area contributed by atoms with Gasteiger partial charge in [0.2, 0.25) is 0 Å². The third-order valence-corrected chi connectivity index (χ3v) is 3.01. The zero-order chi connectivity index (χ0) is 11.5. The van der Waals surface area contributed by atoms with Gasteiger partial charge in [-0.1, -0.05) is 11.6 Å². The van der Waals surface area contributed by atoms with Crippen molar-refractivity contribution in [2.24, 2.45) is 0 Å². The summed E-state index contributed by atoms with van der Waals surface area (Å²) in [5, 5.41) is 0.634. The van der Waals surface area contributed by atoms with Crippen LogP contribution in [0.2, 0.25) is 5.02 Å². The van der Waals surface area contributed by atoms with Crippen LogP contribution in [-0.4, -0.2) is 32.1 Å². The summed E-state index contributed by atoms with van der Waals surface area (Å²) in [5.41, 5.74) is 1.64. The zero-order valence-corrected chi connectivity index (χ0v) is 9.96. The maximum atomic E-state index is 11.2. The molecule has 1 aliphatic rings. The van der Waals surface area contributed by atoms with Crippen LogP contribution in [0.5, 0.6) is 0 Å². The fourth-order valence-corrected chi connectivity index (χ4v) is 2.09. The molecule has 1 fully saturated rings. The first-order valence-corrected chi connectivity index (χ1v) is 5.69. The number of halogens is 1. The van der Waals surface area contributed by atoms with Gasteiger partial charge in [-0.25, -0.2) is 0 Å². The number of rotatable bonds is 2. The Hall–Kier alpha value is -1.06. The van der Waals surface area contributed by atoms with E-state index in [-0.39, 0.29) is 5.78 Å². The molecule has 0 aromatic heterocycles. The van der Waals surface area contributed by atoms with Gasteiger partial charge in [0.15, 0.2) is 5.78 Å². The van der Waals surface area contributed by atoms with Gasteiger partial charge in [-0.15, -0.1) is 0 Å². The molecule has 1 aromatic carbocycles. The van der Waals surface area contributed by atoms with Gasteiger partial charge in [0, 0.05) is 18.7 Å². The maximum absolute atomic E-state index is 11.2. The van der Waals surface area contributed by atoms with Crippen LogP contribution in [0.4, 0.5) is 5.69 Å². The highest BCUT2D eigenvalue weighted by atomic mass is 35.5. The number of morpholine rings is 1. The molecule has 86 valence electrons. The molecule has 2 rings (SSSR count). The minimum Gasteiger partial charge on any atom is -0.378 e. The van der Waals surface area contributed by atoms with Crippen LogP contribution in [0, 0.1) is 0 Å². The predicted octanol–water partition coefficient (Wildman–Crippen LogP) is 2.38. The molecule has 1 saturated heterocycles. The van der Waals surface area contributed by atoms with Gasteiger partial charge in [0.25, 0.3) is 0 Å². The van der Waals surface area contributed by atoms with E-state index in [1.807, 2.05) is 12.1 Å². The third kappa shape index (κ3) is 2.36. The molecule has 16 heavy (non-hydrogen) atoms. The average Bonchev–Trinajstić information content (AvgIpc) is 2.30. The number of Topliss-reactive ketones (excluding diaryl/α,β-unsaturated/α-hetero) is 1. The van der Waals surface area contributed by atoms with Gasteiger partial charge >= 0.3 is 0 Å². The van der Waals surface area contributed by atoms with Gasteiger partial charge < -0.3 is 9.64 Å². The van der Waals surface area contributed by atoms with E-state index in [1.54, 1.807) is 13.0 Å². The Morgan fingerprint density at radius 3 is 2.62 bits per heavy atom. The van der Waals surface area contributed by atoms with E-state index in [0.717, 1.165) is 32.0 Å². The summed E-state index contributed by atoms with van der Waals surface area (Å²) in [5.74, 6) is 0.0374. The Labute approximate surface area is 100.0 Å². The highest BCUT2D eigenvalue weighted by molar-refractivity contribution is 6.33. The molecular formula is C12H14ClNO2. The van der Waals surface area contributed by atoms with Crippen molar-refractivity contribution in [3.05, 3.63) is 28.8 Å². The quantitative estimate of drug-likeness (QED) is 0.743. The van der Waals surface area contributed by atoms with Crippen molar-refractivity contribution in [2.45, 2.75) is 6.92 Å². The normalized spacial score (nSPS) is 16.2. The minimum absolute atomic E-state index is 0.0374. The van der Waals surface area contributed by atoms with Crippen molar-refractivity contribution in [3.8, 4) is 0 Å². The second kappa shape index (κ2) is 4.85. The van der Waals surface area contributed by atoms with Crippen molar-refractivity contribution in [2.75, 3.05) is 31.2 Å². The molecule has 0 amide bonds. The summed E-state index contributed by atoms with van der Waals surface area (Å²) in [6, 6.07) is 5.46. The lowest BCUT2D eigenvalue weighted by Gasteiger charge is -2.29. The molecule has 0 N–H and O–H groups in total. The van der Waals surface area contributed by atoms with Crippen molar-refractivity contribution in [3.63, 3.8) is 0 Å². The molecule has 0 unspecified atom stereocenters. The van der Waals surface area contributed by atoms with E-state index in [4.69, 9.17) is 16.3 Å². The van der Waals surface area contributed by atoms with Crippen molar-refractivity contribution in [1.29, 1.82) is 0 Å². The lowest BCUT2D eigenvalue weighted by Crippen LogP contribution is -2.36. The smallest absolute Gasteiger partial charge is 0.159 e. The molecule has 0 aliphatic carbocycles. The first-order chi connectivity index (χ1) is 7.68. The molecule has 1 aromatic rings. The Balaban J connectivity index is 2.24. The molecular weight excluding hydrogens is 226 g/mol. The summed E-state index contributed by atoms with van der Waals surface area (Å²) in [6.07, 6.45) is 0. The first-order valence-electron chi connectivity index (χ1n) is 5.31. The largest absolute Gasteiger partial charge is 0.378 e. The monoisotopic (exact) mass is 239 g/mol. The Morgan fingerprint density at radius 2 is 2.06 bits per heavy atom. The second-order valence-corrected chi connectivity index (χ2v) is 4.23. The fourth-order valence-electron chi connectivity index (χ4n) is 1.79. The summed E-state index contributed by atoms with van der Waals surface area (Å²) in [7, 11) is 0. The van der Waals surface area contributed by atoms with Gasteiger partial charge in [-0.05, 0) is 25.1 Å². The molecule has 3 nitrogen and oxygen atoms in total. The average molecular weight is 240 g/mol. The topological polar surface area (TPSA) is 29.5 Å². The van der Waals surface area contributed by atoms with E-state index in [9.17, 15) is 4.79 Å². The van der Waals surface area contributed by atoms with Crippen molar-refractivity contribution >= 4 is 23.1 Å². The molecule has 0 radical (unpaired) electrons. The number of ether oxygens (including phenoxy) is 1. The van der Waals surface area contributed by atoms with Crippen LogP contribution in [-0.2, 0) is 4.74 Å². The number of carbonyl (C=O) groups is 1. The van der Waals surface area contributed by atoms with E-state index in [2.05, 4.69) is 4.90 Å². The highest BCUT2D eigenvalue weighted by Gasteiger charge is 2.14. The van der Waals surface area contributed by atoms with Crippen molar-refractivity contribution in [1.82, 2.24) is 0 Å². The van der Waals surface area contributed by atoms with E-state index < -0.39 is 0 Å². The Bertz CT molecular complexity index is 400. The number of hydrogen-bond acceptors (Lipinski definition) is 3. The summed E-state index contributed by atoms with van der Waals surface area (Å²) < 4.78 is 5.28. The number of ketones is 1. The summed E-state index contributed by atoms with van der Waals surface area (Å²) in [4.78, 5) is 13.4. The lowest BCUT2D eigenvalue weighted by atomic mass is 10.1. The minimum atomic E-state index is 0.0374.